The summed E-state index contributed by atoms with van der Waals surface area (Å²) < 4.78 is 5.94. The molecule has 0 spiro atoms. The predicted octanol–water partition coefficient (Wildman–Crippen LogP) is 5.82. The minimum absolute atomic E-state index is 0.0882. The summed E-state index contributed by atoms with van der Waals surface area (Å²) in [6, 6.07) is 11.5. The summed E-state index contributed by atoms with van der Waals surface area (Å²) >= 11 is 14.0. The predicted molar refractivity (Wildman–Crippen MR) is 116 cm³/mol. The maximum absolute atomic E-state index is 12.4. The number of thioether (sulfide) groups is 1. The van der Waals surface area contributed by atoms with Gasteiger partial charge in [-0.3, -0.25) is 4.79 Å². The van der Waals surface area contributed by atoms with Crippen LogP contribution in [0.15, 0.2) is 36.4 Å². The van der Waals surface area contributed by atoms with Crippen LogP contribution in [0, 0.1) is 13.8 Å². The Morgan fingerprint density at radius 3 is 2.56 bits per heavy atom. The molecule has 2 aromatic carbocycles. The molecule has 0 aliphatic rings. The molecule has 6 heteroatoms. The summed E-state index contributed by atoms with van der Waals surface area (Å²) in [5.41, 5.74) is 3.07. The van der Waals surface area contributed by atoms with Gasteiger partial charge in [0.2, 0.25) is 0 Å². The molecule has 1 N–H and O–H groups in total. The summed E-state index contributed by atoms with van der Waals surface area (Å²) in [6.07, 6.45) is 0.121. The van der Waals surface area contributed by atoms with Crippen molar-refractivity contribution in [2.45, 2.75) is 39.0 Å². The Bertz CT molecular complexity index is 763. The van der Waals surface area contributed by atoms with E-state index in [4.69, 9.17) is 27.9 Å². The second-order valence-electron chi connectivity index (χ2n) is 6.33. The van der Waals surface area contributed by atoms with E-state index in [0.29, 0.717) is 28.8 Å². The van der Waals surface area contributed by atoms with Gasteiger partial charge in [-0.25, -0.2) is 0 Å². The first-order chi connectivity index (χ1) is 12.9. The average Bonchev–Trinajstić information content (AvgIpc) is 2.64. The summed E-state index contributed by atoms with van der Waals surface area (Å²) in [7, 11) is 0. The van der Waals surface area contributed by atoms with Gasteiger partial charge in [0.15, 0.2) is 6.10 Å². The van der Waals surface area contributed by atoms with Crippen LogP contribution in [0.5, 0.6) is 5.75 Å². The third kappa shape index (κ3) is 6.63. The SMILES string of the molecule is CC[C@H](Oc1cc(C)ccc1C)C(=O)NCCSCc1c(Cl)cccc1Cl. The Hall–Kier alpha value is -1.36. The maximum atomic E-state index is 12.4. The second kappa shape index (κ2) is 10.8. The Morgan fingerprint density at radius 2 is 1.89 bits per heavy atom. The van der Waals surface area contributed by atoms with Crippen molar-refractivity contribution in [2.75, 3.05) is 12.3 Å². The third-order valence-electron chi connectivity index (χ3n) is 4.13. The zero-order valence-electron chi connectivity index (χ0n) is 15.9. The highest BCUT2D eigenvalue weighted by Gasteiger charge is 2.18. The molecule has 0 fully saturated rings. The normalized spacial score (nSPS) is 11.9. The first kappa shape index (κ1) is 21.9. The molecule has 3 nitrogen and oxygen atoms in total. The maximum Gasteiger partial charge on any atom is 0.261 e. The lowest BCUT2D eigenvalue weighted by Gasteiger charge is -2.19. The summed E-state index contributed by atoms with van der Waals surface area (Å²) in [6.45, 7) is 6.51. The fourth-order valence-electron chi connectivity index (χ4n) is 2.51. The number of aryl methyl sites for hydroxylation is 2. The van der Waals surface area contributed by atoms with E-state index in [1.54, 1.807) is 11.8 Å². The molecule has 0 aliphatic heterocycles. The molecule has 0 unspecified atom stereocenters. The number of ether oxygens (including phenoxy) is 1. The Labute approximate surface area is 175 Å². The van der Waals surface area contributed by atoms with Crippen LogP contribution in [0.3, 0.4) is 0 Å². The smallest absolute Gasteiger partial charge is 0.261 e. The van der Waals surface area contributed by atoms with Gasteiger partial charge in [0.25, 0.3) is 5.91 Å². The van der Waals surface area contributed by atoms with Crippen molar-refractivity contribution < 1.29 is 9.53 Å². The number of rotatable bonds is 9. The van der Waals surface area contributed by atoms with Crippen LogP contribution in [0.4, 0.5) is 0 Å². The van der Waals surface area contributed by atoms with E-state index in [2.05, 4.69) is 5.32 Å². The van der Waals surface area contributed by atoms with Crippen LogP contribution < -0.4 is 10.1 Å². The fourth-order valence-corrected chi connectivity index (χ4v) is 4.11. The molecular weight excluding hydrogens is 401 g/mol. The van der Waals surface area contributed by atoms with E-state index in [-0.39, 0.29) is 5.91 Å². The lowest BCUT2D eigenvalue weighted by atomic mass is 10.1. The Morgan fingerprint density at radius 1 is 1.19 bits per heavy atom. The second-order valence-corrected chi connectivity index (χ2v) is 8.25. The largest absolute Gasteiger partial charge is 0.480 e. The molecule has 0 saturated carbocycles. The molecular formula is C21H25Cl2NO2S. The molecule has 2 aromatic rings. The summed E-state index contributed by atoms with van der Waals surface area (Å²) in [5, 5.41) is 4.30. The van der Waals surface area contributed by atoms with Crippen LogP contribution in [0.1, 0.15) is 30.0 Å². The van der Waals surface area contributed by atoms with Gasteiger partial charge in [-0.15, -0.1) is 0 Å². The molecule has 0 aromatic heterocycles. The Kier molecular flexibility index (Phi) is 8.81. The molecule has 146 valence electrons. The fraction of sp³-hybridized carbons (Fsp3) is 0.381. The molecule has 0 aliphatic carbocycles. The van der Waals surface area contributed by atoms with Crippen LogP contribution in [0.25, 0.3) is 0 Å². The molecule has 0 radical (unpaired) electrons. The van der Waals surface area contributed by atoms with Gasteiger partial charge in [-0.1, -0.05) is 48.3 Å². The minimum atomic E-state index is -0.492. The Balaban J connectivity index is 1.79. The number of hydrogen-bond acceptors (Lipinski definition) is 3. The van der Waals surface area contributed by atoms with Gasteiger partial charge in [0.05, 0.1) is 0 Å². The van der Waals surface area contributed by atoms with Crippen molar-refractivity contribution in [1.82, 2.24) is 5.32 Å². The highest BCUT2D eigenvalue weighted by Crippen LogP contribution is 2.28. The number of nitrogens with one attached hydrogen (secondary N) is 1. The van der Waals surface area contributed by atoms with Crippen LogP contribution in [-0.2, 0) is 10.5 Å². The molecule has 0 bridgehead atoms. The van der Waals surface area contributed by atoms with Gasteiger partial charge in [0, 0.05) is 28.1 Å². The van der Waals surface area contributed by atoms with E-state index >= 15 is 0 Å². The quantitative estimate of drug-likeness (QED) is 0.514. The van der Waals surface area contributed by atoms with Crippen LogP contribution in [0.2, 0.25) is 10.0 Å². The molecule has 1 atom stereocenters. The monoisotopic (exact) mass is 425 g/mol. The van der Waals surface area contributed by atoms with E-state index in [9.17, 15) is 4.79 Å². The molecule has 27 heavy (non-hydrogen) atoms. The highest BCUT2D eigenvalue weighted by molar-refractivity contribution is 7.98. The van der Waals surface area contributed by atoms with Gasteiger partial charge < -0.3 is 10.1 Å². The lowest BCUT2D eigenvalue weighted by molar-refractivity contribution is -0.128. The van der Waals surface area contributed by atoms with Crippen molar-refractivity contribution in [3.63, 3.8) is 0 Å². The highest BCUT2D eigenvalue weighted by atomic mass is 35.5. The van der Waals surface area contributed by atoms with Crippen molar-refractivity contribution in [3.05, 3.63) is 63.1 Å². The van der Waals surface area contributed by atoms with Crippen molar-refractivity contribution in [2.24, 2.45) is 0 Å². The first-order valence-electron chi connectivity index (χ1n) is 8.94. The van der Waals surface area contributed by atoms with Gasteiger partial charge in [-0.2, -0.15) is 11.8 Å². The van der Waals surface area contributed by atoms with Gasteiger partial charge in [0.1, 0.15) is 5.75 Å². The van der Waals surface area contributed by atoms with Crippen molar-refractivity contribution in [3.8, 4) is 5.75 Å². The number of halogens is 2. The zero-order valence-corrected chi connectivity index (χ0v) is 18.2. The van der Waals surface area contributed by atoms with Gasteiger partial charge in [-0.05, 0) is 55.2 Å². The topological polar surface area (TPSA) is 38.3 Å². The third-order valence-corrected chi connectivity index (χ3v) is 5.82. The molecule has 0 heterocycles. The summed E-state index contributed by atoms with van der Waals surface area (Å²) in [5.74, 6) is 2.16. The van der Waals surface area contributed by atoms with Crippen molar-refractivity contribution >= 4 is 40.9 Å². The average molecular weight is 426 g/mol. The van der Waals surface area contributed by atoms with E-state index in [1.165, 1.54) is 0 Å². The summed E-state index contributed by atoms with van der Waals surface area (Å²) in [4.78, 5) is 12.4. The van der Waals surface area contributed by atoms with E-state index in [1.807, 2.05) is 57.2 Å². The number of amides is 1. The van der Waals surface area contributed by atoms with Crippen LogP contribution in [-0.4, -0.2) is 24.3 Å². The molecule has 1 amide bonds. The lowest BCUT2D eigenvalue weighted by Crippen LogP contribution is -2.39. The number of hydrogen-bond donors (Lipinski definition) is 1. The standard InChI is InChI=1S/C21H25Cl2NO2S/c1-4-19(26-20-12-14(2)8-9-15(20)3)21(25)24-10-11-27-13-16-17(22)6-5-7-18(16)23/h5-9,12,19H,4,10-11,13H2,1-3H3,(H,24,25)/t19-/m0/s1. The molecule has 0 saturated heterocycles. The van der Waals surface area contributed by atoms with Crippen LogP contribution >= 0.6 is 35.0 Å². The zero-order chi connectivity index (χ0) is 19.8. The van der Waals surface area contributed by atoms with E-state index < -0.39 is 6.10 Å². The van der Waals surface area contributed by atoms with Crippen molar-refractivity contribution in [1.29, 1.82) is 0 Å². The number of carbonyl (C=O) groups is 1. The molecule has 2 rings (SSSR count). The number of carbonyl (C=O) groups excluding carboxylic acids is 1. The van der Waals surface area contributed by atoms with Gasteiger partial charge >= 0.3 is 0 Å². The minimum Gasteiger partial charge on any atom is -0.480 e. The number of benzene rings is 2. The van der Waals surface area contributed by atoms with E-state index in [0.717, 1.165) is 28.2 Å². The first-order valence-corrected chi connectivity index (χ1v) is 10.9.